The maximum Gasteiger partial charge on any atom is 0.335 e. The first-order chi connectivity index (χ1) is 12.0. The van der Waals surface area contributed by atoms with E-state index < -0.39 is 23.3 Å². The molecular weight excluding hydrogens is 324 g/mol. The van der Waals surface area contributed by atoms with E-state index in [-0.39, 0.29) is 26.2 Å². The molecule has 0 heterocycles. The van der Waals surface area contributed by atoms with Crippen LogP contribution in [0.15, 0.2) is 0 Å². The van der Waals surface area contributed by atoms with Crippen LogP contribution in [0.25, 0.3) is 0 Å². The Morgan fingerprint density at radius 1 is 0.600 bits per heavy atom. The number of carbonyl (C=O) groups excluding carboxylic acids is 3. The summed E-state index contributed by atoms with van der Waals surface area (Å²) in [4.78, 5) is 38.0. The van der Waals surface area contributed by atoms with Gasteiger partial charge in [-0.2, -0.15) is 0 Å². The summed E-state index contributed by atoms with van der Waals surface area (Å²) in [5.74, 6) is -2.57. The SMILES string of the molecule is CCCCOC(=O)C(CCC)(C(=O)OCCCC)C(=O)OCCCC. The predicted octanol–water partition coefficient (Wildman–Crippen LogP) is 3.80. The zero-order valence-corrected chi connectivity index (χ0v) is 16.2. The van der Waals surface area contributed by atoms with Crippen molar-refractivity contribution in [3.8, 4) is 0 Å². The lowest BCUT2D eigenvalue weighted by Crippen LogP contribution is -2.49. The smallest absolute Gasteiger partial charge is 0.335 e. The van der Waals surface area contributed by atoms with E-state index in [4.69, 9.17) is 14.2 Å². The highest BCUT2D eigenvalue weighted by molar-refractivity contribution is 6.17. The van der Waals surface area contributed by atoms with Gasteiger partial charge in [-0.3, -0.25) is 14.4 Å². The number of hydrogen-bond donors (Lipinski definition) is 0. The molecule has 0 atom stereocenters. The van der Waals surface area contributed by atoms with E-state index in [9.17, 15) is 14.4 Å². The van der Waals surface area contributed by atoms with E-state index in [1.165, 1.54) is 0 Å². The van der Waals surface area contributed by atoms with Gasteiger partial charge >= 0.3 is 17.9 Å². The third-order valence-electron chi connectivity index (χ3n) is 3.86. The van der Waals surface area contributed by atoms with Gasteiger partial charge in [-0.15, -0.1) is 0 Å². The van der Waals surface area contributed by atoms with Crippen molar-refractivity contribution in [3.05, 3.63) is 0 Å². The summed E-state index contributed by atoms with van der Waals surface area (Å²) < 4.78 is 15.6. The second kappa shape index (κ2) is 13.7. The van der Waals surface area contributed by atoms with E-state index in [0.717, 1.165) is 19.3 Å². The lowest BCUT2D eigenvalue weighted by Gasteiger charge is -2.27. The second-order valence-electron chi connectivity index (χ2n) is 6.12. The Bertz CT molecular complexity index is 350. The fourth-order valence-corrected chi connectivity index (χ4v) is 2.23. The Kier molecular flexibility index (Phi) is 12.8. The van der Waals surface area contributed by atoms with Crippen molar-refractivity contribution in [1.82, 2.24) is 0 Å². The van der Waals surface area contributed by atoms with Crippen molar-refractivity contribution in [3.63, 3.8) is 0 Å². The van der Waals surface area contributed by atoms with Crippen LogP contribution in [-0.2, 0) is 28.6 Å². The Labute approximate surface area is 151 Å². The minimum absolute atomic E-state index is 0.0217. The monoisotopic (exact) mass is 358 g/mol. The molecule has 0 radical (unpaired) electrons. The highest BCUT2D eigenvalue weighted by Gasteiger charge is 2.56. The number of carbonyl (C=O) groups is 3. The van der Waals surface area contributed by atoms with Gasteiger partial charge in [0.15, 0.2) is 0 Å². The molecule has 0 rings (SSSR count). The molecule has 0 aliphatic rings. The molecule has 6 heteroatoms. The van der Waals surface area contributed by atoms with E-state index >= 15 is 0 Å². The molecule has 0 aromatic rings. The van der Waals surface area contributed by atoms with Crippen molar-refractivity contribution in [2.24, 2.45) is 5.41 Å². The predicted molar refractivity (Wildman–Crippen MR) is 94.9 cm³/mol. The molecule has 0 N–H and O–H groups in total. The second-order valence-corrected chi connectivity index (χ2v) is 6.12. The number of esters is 3. The molecule has 25 heavy (non-hydrogen) atoms. The molecule has 146 valence electrons. The number of ether oxygens (including phenoxy) is 3. The van der Waals surface area contributed by atoms with Gasteiger partial charge in [0, 0.05) is 0 Å². The molecule has 0 aromatic carbocycles. The van der Waals surface area contributed by atoms with Crippen molar-refractivity contribution in [2.45, 2.75) is 79.1 Å². The van der Waals surface area contributed by atoms with Gasteiger partial charge in [-0.25, -0.2) is 0 Å². The highest BCUT2D eigenvalue weighted by Crippen LogP contribution is 2.30. The number of hydrogen-bond acceptors (Lipinski definition) is 6. The molecule has 0 unspecified atom stereocenters. The number of rotatable bonds is 14. The average molecular weight is 358 g/mol. The summed E-state index contributed by atoms with van der Waals surface area (Å²) in [6.45, 7) is 8.20. The summed E-state index contributed by atoms with van der Waals surface area (Å²) in [5, 5.41) is 0. The van der Waals surface area contributed by atoms with Gasteiger partial charge < -0.3 is 14.2 Å². The van der Waals surface area contributed by atoms with E-state index in [1.807, 2.05) is 20.8 Å². The third kappa shape index (κ3) is 7.45. The first-order valence-corrected chi connectivity index (χ1v) is 9.52. The van der Waals surface area contributed by atoms with Gasteiger partial charge in [0.25, 0.3) is 5.41 Å². The van der Waals surface area contributed by atoms with Crippen molar-refractivity contribution in [1.29, 1.82) is 0 Å². The maximum atomic E-state index is 12.7. The van der Waals surface area contributed by atoms with E-state index in [0.29, 0.717) is 25.7 Å². The minimum atomic E-state index is -2.01. The Balaban J connectivity index is 5.38. The van der Waals surface area contributed by atoms with Crippen LogP contribution in [0.5, 0.6) is 0 Å². The van der Waals surface area contributed by atoms with Gasteiger partial charge in [0.05, 0.1) is 19.8 Å². The van der Waals surface area contributed by atoms with Gasteiger partial charge in [-0.05, 0) is 25.7 Å². The van der Waals surface area contributed by atoms with Crippen LogP contribution in [0, 0.1) is 5.41 Å². The van der Waals surface area contributed by atoms with Crippen molar-refractivity contribution >= 4 is 17.9 Å². The maximum absolute atomic E-state index is 12.7. The quantitative estimate of drug-likeness (QED) is 0.203. The molecule has 0 saturated heterocycles. The summed E-state index contributed by atoms with van der Waals surface area (Å²) in [6.07, 6.45) is 5.02. The Morgan fingerprint density at radius 3 is 1.16 bits per heavy atom. The molecule has 0 amide bonds. The Hall–Kier alpha value is -1.59. The van der Waals surface area contributed by atoms with Gasteiger partial charge in [0.2, 0.25) is 0 Å². The van der Waals surface area contributed by atoms with Crippen LogP contribution >= 0.6 is 0 Å². The molecule has 0 aliphatic heterocycles. The summed E-state index contributed by atoms with van der Waals surface area (Å²) >= 11 is 0. The van der Waals surface area contributed by atoms with Crippen LogP contribution in [0.4, 0.5) is 0 Å². The van der Waals surface area contributed by atoms with Gasteiger partial charge in [0.1, 0.15) is 0 Å². The summed E-state index contributed by atoms with van der Waals surface area (Å²) in [7, 11) is 0. The topological polar surface area (TPSA) is 78.9 Å². The highest BCUT2D eigenvalue weighted by atomic mass is 16.6. The van der Waals surface area contributed by atoms with Crippen LogP contribution in [-0.4, -0.2) is 37.7 Å². The van der Waals surface area contributed by atoms with Crippen LogP contribution in [0.1, 0.15) is 79.1 Å². The molecule has 0 aromatic heterocycles. The van der Waals surface area contributed by atoms with E-state index in [1.54, 1.807) is 6.92 Å². The average Bonchev–Trinajstić information content (AvgIpc) is 2.59. The standard InChI is InChI=1S/C19H34O6/c1-5-9-13-23-16(20)19(12-8-4,17(21)24-14-10-6-2)18(22)25-15-11-7-3/h5-15H2,1-4H3. The molecule has 0 spiro atoms. The lowest BCUT2D eigenvalue weighted by molar-refractivity contribution is -0.185. The summed E-state index contributed by atoms with van der Waals surface area (Å²) in [6, 6.07) is 0. The van der Waals surface area contributed by atoms with Crippen LogP contribution in [0.2, 0.25) is 0 Å². The molecular formula is C19H34O6. The largest absolute Gasteiger partial charge is 0.464 e. The minimum Gasteiger partial charge on any atom is -0.464 e. The first-order valence-electron chi connectivity index (χ1n) is 9.52. The molecule has 0 bridgehead atoms. The zero-order valence-electron chi connectivity index (χ0n) is 16.2. The lowest BCUT2D eigenvalue weighted by atomic mass is 9.83. The normalized spacial score (nSPS) is 11.0. The van der Waals surface area contributed by atoms with Crippen LogP contribution < -0.4 is 0 Å². The van der Waals surface area contributed by atoms with E-state index in [2.05, 4.69) is 0 Å². The van der Waals surface area contributed by atoms with Crippen LogP contribution in [0.3, 0.4) is 0 Å². The van der Waals surface area contributed by atoms with Crippen molar-refractivity contribution in [2.75, 3.05) is 19.8 Å². The zero-order chi connectivity index (χ0) is 19.1. The first kappa shape index (κ1) is 23.4. The number of unbranched alkanes of at least 4 members (excludes halogenated alkanes) is 3. The Morgan fingerprint density at radius 2 is 0.920 bits per heavy atom. The van der Waals surface area contributed by atoms with Crippen molar-refractivity contribution < 1.29 is 28.6 Å². The fourth-order valence-electron chi connectivity index (χ4n) is 2.23. The molecule has 0 fully saturated rings. The third-order valence-corrected chi connectivity index (χ3v) is 3.86. The molecule has 6 nitrogen and oxygen atoms in total. The fraction of sp³-hybridized carbons (Fsp3) is 0.842. The molecule has 0 aliphatic carbocycles. The summed E-state index contributed by atoms with van der Waals surface area (Å²) in [5.41, 5.74) is -2.01. The molecule has 0 saturated carbocycles. The van der Waals surface area contributed by atoms with Gasteiger partial charge in [-0.1, -0.05) is 53.4 Å².